The van der Waals surface area contributed by atoms with Crippen LogP contribution >= 0.6 is 0 Å². The van der Waals surface area contributed by atoms with E-state index < -0.39 is 10.0 Å². The van der Waals surface area contributed by atoms with Gasteiger partial charge in [0.2, 0.25) is 15.9 Å². The standard InChI is InChI=1S/C26H30N2O4S/c1-28(20-23-8-13-24(32-2)14-9-23)26(29)17-12-22-10-15-25(16-11-22)33(30,31)27-19-18-21-6-4-3-5-7-21/h3-11,13-16,27H,12,17-20H2,1-2H3. The maximum atomic E-state index is 12.5. The Hall–Kier alpha value is -3.16. The zero-order valence-electron chi connectivity index (χ0n) is 19.0. The van der Waals surface area contributed by atoms with Crippen LogP contribution in [-0.4, -0.2) is 39.9 Å². The van der Waals surface area contributed by atoms with Crippen molar-refractivity contribution in [2.75, 3.05) is 20.7 Å². The highest BCUT2D eigenvalue weighted by atomic mass is 32.2. The number of carbonyl (C=O) groups excluding carboxylic acids is 1. The van der Waals surface area contributed by atoms with Crippen LogP contribution in [0.15, 0.2) is 83.8 Å². The minimum atomic E-state index is -3.57. The lowest BCUT2D eigenvalue weighted by atomic mass is 10.1. The van der Waals surface area contributed by atoms with E-state index in [9.17, 15) is 13.2 Å². The van der Waals surface area contributed by atoms with Crippen LogP contribution in [-0.2, 0) is 34.2 Å². The Kier molecular flexibility index (Phi) is 8.63. The number of nitrogens with zero attached hydrogens (tertiary/aromatic N) is 1. The Labute approximate surface area is 196 Å². The number of sulfonamides is 1. The Balaban J connectivity index is 1.47. The van der Waals surface area contributed by atoms with Gasteiger partial charge in [0, 0.05) is 26.6 Å². The van der Waals surface area contributed by atoms with E-state index in [-0.39, 0.29) is 10.8 Å². The Morgan fingerprint density at radius 1 is 0.848 bits per heavy atom. The second-order valence-corrected chi connectivity index (χ2v) is 9.64. The molecule has 0 aromatic heterocycles. The molecule has 0 bridgehead atoms. The third-order valence-electron chi connectivity index (χ3n) is 5.41. The molecule has 3 aromatic carbocycles. The van der Waals surface area contributed by atoms with Crippen molar-refractivity contribution in [3.63, 3.8) is 0 Å². The van der Waals surface area contributed by atoms with Crippen LogP contribution in [0.25, 0.3) is 0 Å². The third kappa shape index (κ3) is 7.44. The van der Waals surface area contributed by atoms with E-state index in [1.165, 1.54) is 0 Å². The molecule has 1 amide bonds. The molecule has 0 saturated heterocycles. The van der Waals surface area contributed by atoms with Crippen molar-refractivity contribution in [2.45, 2.75) is 30.7 Å². The quantitative estimate of drug-likeness (QED) is 0.466. The van der Waals surface area contributed by atoms with Crippen LogP contribution < -0.4 is 9.46 Å². The molecule has 3 aromatic rings. The average Bonchev–Trinajstić information content (AvgIpc) is 2.84. The van der Waals surface area contributed by atoms with Gasteiger partial charge < -0.3 is 9.64 Å². The fraction of sp³-hybridized carbons (Fsp3) is 0.269. The number of amides is 1. The van der Waals surface area contributed by atoms with E-state index in [1.54, 1.807) is 43.3 Å². The summed E-state index contributed by atoms with van der Waals surface area (Å²) in [7, 11) is -0.164. The van der Waals surface area contributed by atoms with Gasteiger partial charge in [-0.2, -0.15) is 0 Å². The first kappa shape index (κ1) is 24.5. The van der Waals surface area contributed by atoms with Crippen molar-refractivity contribution in [3.8, 4) is 5.75 Å². The van der Waals surface area contributed by atoms with Crippen molar-refractivity contribution in [3.05, 3.63) is 95.6 Å². The summed E-state index contributed by atoms with van der Waals surface area (Å²) in [5.74, 6) is 0.815. The summed E-state index contributed by atoms with van der Waals surface area (Å²) in [4.78, 5) is 14.4. The van der Waals surface area contributed by atoms with Gasteiger partial charge in [0.1, 0.15) is 5.75 Å². The number of aryl methyl sites for hydroxylation is 1. The number of benzene rings is 3. The highest BCUT2D eigenvalue weighted by Gasteiger charge is 2.14. The summed E-state index contributed by atoms with van der Waals surface area (Å²) in [6.45, 7) is 0.859. The normalized spacial score (nSPS) is 11.2. The molecule has 1 N–H and O–H groups in total. The Morgan fingerprint density at radius 3 is 2.09 bits per heavy atom. The van der Waals surface area contributed by atoms with Gasteiger partial charge in [-0.15, -0.1) is 0 Å². The number of ether oxygens (including phenoxy) is 1. The van der Waals surface area contributed by atoms with Crippen LogP contribution in [0.5, 0.6) is 5.75 Å². The molecule has 7 heteroatoms. The number of methoxy groups -OCH3 is 1. The van der Waals surface area contributed by atoms with E-state index in [2.05, 4.69) is 4.72 Å². The van der Waals surface area contributed by atoms with Gasteiger partial charge in [0.25, 0.3) is 0 Å². The first-order valence-corrected chi connectivity index (χ1v) is 12.3. The largest absolute Gasteiger partial charge is 0.497 e. The lowest BCUT2D eigenvalue weighted by Crippen LogP contribution is -2.26. The third-order valence-corrected chi connectivity index (χ3v) is 6.89. The molecular weight excluding hydrogens is 436 g/mol. The van der Waals surface area contributed by atoms with Crippen LogP contribution in [0.4, 0.5) is 0 Å². The van der Waals surface area contributed by atoms with Gasteiger partial charge in [-0.25, -0.2) is 13.1 Å². The fourth-order valence-corrected chi connectivity index (χ4v) is 4.46. The molecule has 6 nitrogen and oxygen atoms in total. The van der Waals surface area contributed by atoms with E-state index in [0.29, 0.717) is 32.4 Å². The number of nitrogens with one attached hydrogen (secondary N) is 1. The summed E-state index contributed by atoms with van der Waals surface area (Å²) in [6, 6.07) is 24.1. The van der Waals surface area contributed by atoms with E-state index in [1.807, 2.05) is 54.6 Å². The summed E-state index contributed by atoms with van der Waals surface area (Å²) < 4.78 is 32.8. The fourth-order valence-electron chi connectivity index (χ4n) is 3.43. The van der Waals surface area contributed by atoms with Gasteiger partial charge in [0.15, 0.2) is 0 Å². The second kappa shape index (κ2) is 11.6. The molecular formula is C26H30N2O4S. The monoisotopic (exact) mass is 466 g/mol. The average molecular weight is 467 g/mol. The zero-order valence-corrected chi connectivity index (χ0v) is 19.8. The summed E-state index contributed by atoms with van der Waals surface area (Å²) in [5.41, 5.74) is 3.03. The molecule has 0 fully saturated rings. The maximum absolute atomic E-state index is 12.5. The molecule has 0 aliphatic carbocycles. The van der Waals surface area contributed by atoms with Crippen LogP contribution in [0.2, 0.25) is 0 Å². The summed E-state index contributed by atoms with van der Waals surface area (Å²) >= 11 is 0. The van der Waals surface area contributed by atoms with Crippen LogP contribution in [0.3, 0.4) is 0 Å². The van der Waals surface area contributed by atoms with Gasteiger partial charge >= 0.3 is 0 Å². The minimum absolute atomic E-state index is 0.0325. The number of hydrogen-bond donors (Lipinski definition) is 1. The number of rotatable bonds is 11. The SMILES string of the molecule is COc1ccc(CN(C)C(=O)CCc2ccc(S(=O)(=O)NCCc3ccccc3)cc2)cc1. The van der Waals surface area contributed by atoms with Gasteiger partial charge in [-0.05, 0) is 53.8 Å². The second-order valence-electron chi connectivity index (χ2n) is 7.88. The van der Waals surface area contributed by atoms with Crippen molar-refractivity contribution in [2.24, 2.45) is 0 Å². The number of hydrogen-bond acceptors (Lipinski definition) is 4. The molecule has 0 saturated carbocycles. The van der Waals surface area contributed by atoms with Gasteiger partial charge in [-0.1, -0.05) is 54.6 Å². The van der Waals surface area contributed by atoms with E-state index >= 15 is 0 Å². The van der Waals surface area contributed by atoms with Crippen molar-refractivity contribution < 1.29 is 17.9 Å². The smallest absolute Gasteiger partial charge is 0.240 e. The van der Waals surface area contributed by atoms with E-state index in [4.69, 9.17) is 4.74 Å². The molecule has 0 atom stereocenters. The predicted molar refractivity (Wildman–Crippen MR) is 130 cm³/mol. The molecule has 0 aliphatic rings. The van der Waals surface area contributed by atoms with Gasteiger partial charge in [-0.3, -0.25) is 4.79 Å². The van der Waals surface area contributed by atoms with E-state index in [0.717, 1.165) is 22.4 Å². The maximum Gasteiger partial charge on any atom is 0.240 e. The molecule has 0 heterocycles. The first-order valence-electron chi connectivity index (χ1n) is 10.9. The molecule has 174 valence electrons. The van der Waals surface area contributed by atoms with Crippen molar-refractivity contribution in [1.82, 2.24) is 9.62 Å². The first-order chi connectivity index (χ1) is 15.9. The van der Waals surface area contributed by atoms with Gasteiger partial charge in [0.05, 0.1) is 12.0 Å². The lowest BCUT2D eigenvalue weighted by molar-refractivity contribution is -0.130. The Bertz CT molecular complexity index is 1130. The molecule has 3 rings (SSSR count). The summed E-state index contributed by atoms with van der Waals surface area (Å²) in [5, 5.41) is 0. The van der Waals surface area contributed by atoms with Crippen molar-refractivity contribution >= 4 is 15.9 Å². The predicted octanol–water partition coefficient (Wildman–Crippen LogP) is 3.81. The van der Waals surface area contributed by atoms with Crippen LogP contribution in [0.1, 0.15) is 23.1 Å². The van der Waals surface area contributed by atoms with Crippen molar-refractivity contribution in [1.29, 1.82) is 0 Å². The summed E-state index contributed by atoms with van der Waals surface area (Å²) in [6.07, 6.45) is 1.53. The highest BCUT2D eigenvalue weighted by molar-refractivity contribution is 7.89. The number of carbonyl (C=O) groups is 1. The van der Waals surface area contributed by atoms with Crippen LogP contribution in [0, 0.1) is 0 Å². The molecule has 0 spiro atoms. The molecule has 0 radical (unpaired) electrons. The molecule has 0 aliphatic heterocycles. The topological polar surface area (TPSA) is 75.7 Å². The molecule has 33 heavy (non-hydrogen) atoms. The zero-order chi connectivity index (χ0) is 23.7. The lowest BCUT2D eigenvalue weighted by Gasteiger charge is -2.17. The molecule has 0 unspecified atom stereocenters. The Morgan fingerprint density at radius 2 is 1.45 bits per heavy atom. The highest BCUT2D eigenvalue weighted by Crippen LogP contribution is 2.15. The minimum Gasteiger partial charge on any atom is -0.497 e.